The molecule has 0 aliphatic rings. The van der Waals surface area contributed by atoms with E-state index in [1.54, 1.807) is 24.3 Å². The number of ether oxygens (including phenoxy) is 1. The zero-order chi connectivity index (χ0) is 20.3. The molecule has 0 bridgehead atoms. The van der Waals surface area contributed by atoms with Crippen LogP contribution in [0.15, 0.2) is 60.8 Å². The van der Waals surface area contributed by atoms with Gasteiger partial charge in [0.1, 0.15) is 11.6 Å². The van der Waals surface area contributed by atoms with Gasteiger partial charge in [0.25, 0.3) is 0 Å². The van der Waals surface area contributed by atoms with E-state index in [1.807, 2.05) is 24.1 Å². The van der Waals surface area contributed by atoms with E-state index in [2.05, 4.69) is 9.72 Å². The molecule has 142 valence electrons. The van der Waals surface area contributed by atoms with E-state index >= 15 is 0 Å². The van der Waals surface area contributed by atoms with Gasteiger partial charge in [0.05, 0.1) is 12.7 Å². The van der Waals surface area contributed by atoms with E-state index in [-0.39, 0.29) is 16.9 Å². The van der Waals surface area contributed by atoms with Crippen molar-refractivity contribution in [2.45, 2.75) is 0 Å². The third-order valence-electron chi connectivity index (χ3n) is 4.20. The van der Waals surface area contributed by atoms with Crippen LogP contribution in [0.3, 0.4) is 0 Å². The Balaban J connectivity index is 1.84. The Labute approximate surface area is 166 Å². The molecule has 28 heavy (non-hydrogen) atoms. The minimum atomic E-state index is -0.842. The number of aromatic nitrogens is 1. The maximum Gasteiger partial charge on any atom is 0.340 e. The molecule has 0 N–H and O–H groups in total. The Hall–Kier alpha value is -3.25. The maximum absolute atomic E-state index is 13.8. The van der Waals surface area contributed by atoms with Gasteiger partial charge in [0, 0.05) is 35.1 Å². The summed E-state index contributed by atoms with van der Waals surface area (Å²) in [5.41, 5.74) is 1.08. The van der Waals surface area contributed by atoms with Crippen LogP contribution in [0, 0.1) is 5.82 Å². The quantitative estimate of drug-likeness (QED) is 0.462. The summed E-state index contributed by atoms with van der Waals surface area (Å²) in [6.45, 7) is 0. The number of rotatable bonds is 5. The number of carbonyl (C=O) groups excluding carboxylic acids is 2. The van der Waals surface area contributed by atoms with Gasteiger partial charge in [-0.15, -0.1) is 0 Å². The molecule has 0 aliphatic carbocycles. The van der Waals surface area contributed by atoms with E-state index in [4.69, 9.17) is 11.6 Å². The van der Waals surface area contributed by atoms with Crippen molar-refractivity contribution in [2.24, 2.45) is 0 Å². The lowest BCUT2D eigenvalue weighted by atomic mass is 10.0. The minimum Gasteiger partial charge on any atom is -0.465 e. The van der Waals surface area contributed by atoms with Crippen molar-refractivity contribution in [2.75, 3.05) is 19.1 Å². The van der Waals surface area contributed by atoms with E-state index in [0.29, 0.717) is 16.4 Å². The summed E-state index contributed by atoms with van der Waals surface area (Å²) < 4.78 is 18.3. The number of anilines is 2. The topological polar surface area (TPSA) is 59.5 Å². The standard InChI is InChI=1S/C21H16ClFN2O3/c1-25(16-7-5-15(22)6-8-16)19-10-4-14(12-24-19)20(26)13-3-9-18(23)17(11-13)21(27)28-2/h3-12H,1-2H3. The average molecular weight is 399 g/mol. The molecular weight excluding hydrogens is 383 g/mol. The number of hydrogen-bond acceptors (Lipinski definition) is 5. The first-order chi connectivity index (χ1) is 13.4. The highest BCUT2D eigenvalue weighted by atomic mass is 35.5. The van der Waals surface area contributed by atoms with Gasteiger partial charge in [-0.25, -0.2) is 14.2 Å². The Bertz CT molecular complexity index is 1020. The highest BCUT2D eigenvalue weighted by Gasteiger charge is 2.17. The largest absolute Gasteiger partial charge is 0.465 e. The van der Waals surface area contributed by atoms with E-state index < -0.39 is 11.8 Å². The number of methoxy groups -OCH3 is 1. The van der Waals surface area contributed by atoms with Gasteiger partial charge in [-0.1, -0.05) is 11.6 Å². The number of ketones is 1. The number of benzene rings is 2. The summed E-state index contributed by atoms with van der Waals surface area (Å²) in [7, 11) is 2.99. The summed E-state index contributed by atoms with van der Waals surface area (Å²) in [5, 5.41) is 0.636. The van der Waals surface area contributed by atoms with Crippen LogP contribution in [-0.2, 0) is 4.74 Å². The van der Waals surface area contributed by atoms with Gasteiger partial charge >= 0.3 is 5.97 Å². The smallest absolute Gasteiger partial charge is 0.340 e. The molecule has 0 saturated carbocycles. The van der Waals surface area contributed by atoms with Gasteiger partial charge in [-0.2, -0.15) is 0 Å². The van der Waals surface area contributed by atoms with Gasteiger partial charge < -0.3 is 9.64 Å². The first-order valence-electron chi connectivity index (χ1n) is 8.28. The first-order valence-corrected chi connectivity index (χ1v) is 8.66. The molecule has 0 aliphatic heterocycles. The number of nitrogens with zero attached hydrogens (tertiary/aromatic N) is 2. The van der Waals surface area contributed by atoms with Gasteiger partial charge in [-0.05, 0) is 54.6 Å². The average Bonchev–Trinajstić information content (AvgIpc) is 2.73. The van der Waals surface area contributed by atoms with Gasteiger partial charge in [0.2, 0.25) is 0 Å². The summed E-state index contributed by atoms with van der Waals surface area (Å²) in [4.78, 5) is 30.5. The minimum absolute atomic E-state index is 0.169. The van der Waals surface area contributed by atoms with Crippen LogP contribution in [0.4, 0.5) is 15.9 Å². The van der Waals surface area contributed by atoms with Crippen LogP contribution in [0.25, 0.3) is 0 Å². The lowest BCUT2D eigenvalue weighted by Gasteiger charge is -2.18. The molecule has 0 atom stereocenters. The molecule has 0 amide bonds. The van der Waals surface area contributed by atoms with Crippen molar-refractivity contribution in [3.63, 3.8) is 0 Å². The SMILES string of the molecule is COC(=O)c1cc(C(=O)c2ccc(N(C)c3ccc(Cl)cc3)nc2)ccc1F. The third-order valence-corrected chi connectivity index (χ3v) is 4.45. The first kappa shape index (κ1) is 19.5. The Morgan fingerprint density at radius 2 is 1.71 bits per heavy atom. The number of hydrogen-bond donors (Lipinski definition) is 0. The second-order valence-electron chi connectivity index (χ2n) is 5.96. The molecule has 0 spiro atoms. The van der Waals surface area contributed by atoms with Crippen LogP contribution in [0.2, 0.25) is 5.02 Å². The second kappa shape index (κ2) is 8.19. The molecule has 3 aromatic rings. The molecular formula is C21H16ClFN2O3. The third kappa shape index (κ3) is 4.02. The van der Waals surface area contributed by atoms with Crippen molar-refractivity contribution in [1.82, 2.24) is 4.98 Å². The summed E-state index contributed by atoms with van der Waals surface area (Å²) in [6, 6.07) is 14.2. The zero-order valence-electron chi connectivity index (χ0n) is 15.1. The zero-order valence-corrected chi connectivity index (χ0v) is 15.9. The summed E-state index contributed by atoms with van der Waals surface area (Å²) in [5.74, 6) is -1.33. The molecule has 5 nitrogen and oxygen atoms in total. The van der Waals surface area contributed by atoms with Crippen molar-refractivity contribution < 1.29 is 18.7 Å². The van der Waals surface area contributed by atoms with E-state index in [0.717, 1.165) is 18.9 Å². The van der Waals surface area contributed by atoms with Gasteiger partial charge in [-0.3, -0.25) is 4.79 Å². The fourth-order valence-electron chi connectivity index (χ4n) is 2.62. The lowest BCUT2D eigenvalue weighted by molar-refractivity contribution is 0.0595. The fourth-order valence-corrected chi connectivity index (χ4v) is 2.74. The number of pyridine rings is 1. The maximum atomic E-state index is 13.8. The predicted molar refractivity (Wildman–Crippen MR) is 105 cm³/mol. The fraction of sp³-hybridized carbons (Fsp3) is 0.0952. The molecule has 3 rings (SSSR count). The molecule has 2 aromatic carbocycles. The van der Waals surface area contributed by atoms with Crippen LogP contribution in [-0.4, -0.2) is 30.9 Å². The second-order valence-corrected chi connectivity index (χ2v) is 6.39. The highest BCUT2D eigenvalue weighted by Crippen LogP contribution is 2.24. The Morgan fingerprint density at radius 1 is 1.04 bits per heavy atom. The van der Waals surface area contributed by atoms with Crippen molar-refractivity contribution in [3.05, 3.63) is 88.3 Å². The van der Waals surface area contributed by atoms with Crippen molar-refractivity contribution >= 4 is 34.9 Å². The Morgan fingerprint density at radius 3 is 2.32 bits per heavy atom. The van der Waals surface area contributed by atoms with Crippen molar-refractivity contribution in [1.29, 1.82) is 0 Å². The molecule has 0 unspecified atom stereocenters. The molecule has 0 saturated heterocycles. The number of halogens is 2. The Kier molecular flexibility index (Phi) is 5.70. The van der Waals surface area contributed by atoms with E-state index in [9.17, 15) is 14.0 Å². The number of esters is 1. The van der Waals surface area contributed by atoms with Crippen LogP contribution in [0.1, 0.15) is 26.3 Å². The van der Waals surface area contributed by atoms with Crippen LogP contribution < -0.4 is 4.90 Å². The summed E-state index contributed by atoms with van der Waals surface area (Å²) in [6.07, 6.45) is 1.44. The lowest BCUT2D eigenvalue weighted by Crippen LogP contribution is -2.12. The van der Waals surface area contributed by atoms with Gasteiger partial charge in [0.15, 0.2) is 5.78 Å². The molecule has 1 aromatic heterocycles. The van der Waals surface area contributed by atoms with E-state index in [1.165, 1.54) is 18.3 Å². The molecule has 0 radical (unpaired) electrons. The predicted octanol–water partition coefficient (Wildman–Crippen LogP) is 4.66. The van der Waals surface area contributed by atoms with Crippen molar-refractivity contribution in [3.8, 4) is 0 Å². The van der Waals surface area contributed by atoms with Crippen LogP contribution >= 0.6 is 11.6 Å². The normalized spacial score (nSPS) is 10.4. The summed E-state index contributed by atoms with van der Waals surface area (Å²) >= 11 is 5.90. The monoisotopic (exact) mass is 398 g/mol. The van der Waals surface area contributed by atoms with Crippen LogP contribution in [0.5, 0.6) is 0 Å². The molecule has 7 heteroatoms. The molecule has 0 fully saturated rings. The number of carbonyl (C=O) groups is 2. The molecule has 1 heterocycles. The highest BCUT2D eigenvalue weighted by molar-refractivity contribution is 6.30.